The number of rotatable bonds is 5. The molecule has 0 aromatic heterocycles. The number of nitrogens with two attached hydrogens (primary N) is 1. The van der Waals surface area contributed by atoms with Crippen LogP contribution in [0.15, 0.2) is 0 Å². The van der Waals surface area contributed by atoms with E-state index in [0.717, 1.165) is 12.8 Å². The third kappa shape index (κ3) is 3.47. The Kier molecular flexibility index (Phi) is 5.41. The van der Waals surface area contributed by atoms with Crippen molar-refractivity contribution in [2.24, 2.45) is 17.6 Å². The summed E-state index contributed by atoms with van der Waals surface area (Å²) in [6.45, 7) is 4.98. The Morgan fingerprint density at radius 2 is 2.19 bits per heavy atom. The summed E-state index contributed by atoms with van der Waals surface area (Å²) in [4.78, 5) is 27.5. The molecule has 2 rings (SSSR count). The molecule has 2 fully saturated rings. The van der Waals surface area contributed by atoms with Crippen LogP contribution < -0.4 is 5.73 Å². The van der Waals surface area contributed by atoms with Crippen LogP contribution in [0.4, 0.5) is 4.79 Å². The highest BCUT2D eigenvalue weighted by Crippen LogP contribution is 2.24. The van der Waals surface area contributed by atoms with Gasteiger partial charge in [-0.15, -0.1) is 0 Å². The van der Waals surface area contributed by atoms with E-state index in [-0.39, 0.29) is 18.7 Å². The Bertz CT molecular complexity index is 390. The van der Waals surface area contributed by atoms with Gasteiger partial charge in [0.1, 0.15) is 5.92 Å². The number of carbonyl (C=O) groups is 2. The maximum Gasteiger partial charge on any atom is 0.320 e. The molecule has 0 saturated carbocycles. The molecule has 0 aromatic rings. The van der Waals surface area contributed by atoms with Crippen LogP contribution in [0.2, 0.25) is 0 Å². The number of ether oxygens (including phenoxy) is 1. The SMILES string of the molecule is CCCN(C(=O)N1CCC(CN)C1)C1COCC1C(=O)O. The number of nitrogens with zero attached hydrogens (tertiary/aromatic N) is 2. The van der Waals surface area contributed by atoms with Crippen molar-refractivity contribution >= 4 is 12.0 Å². The summed E-state index contributed by atoms with van der Waals surface area (Å²) in [7, 11) is 0. The third-order valence-corrected chi connectivity index (χ3v) is 4.37. The van der Waals surface area contributed by atoms with E-state index in [1.165, 1.54) is 0 Å². The van der Waals surface area contributed by atoms with E-state index in [0.29, 0.717) is 38.7 Å². The Hall–Kier alpha value is -1.34. The first-order valence-electron chi connectivity index (χ1n) is 7.64. The molecule has 2 saturated heterocycles. The number of aliphatic carboxylic acids is 1. The van der Waals surface area contributed by atoms with Gasteiger partial charge in [0.25, 0.3) is 0 Å². The van der Waals surface area contributed by atoms with Crippen molar-refractivity contribution in [1.29, 1.82) is 0 Å². The van der Waals surface area contributed by atoms with E-state index in [1.54, 1.807) is 9.80 Å². The van der Waals surface area contributed by atoms with Gasteiger partial charge >= 0.3 is 12.0 Å². The standard InChI is InChI=1S/C14H25N3O4/c1-2-4-17(12-9-21-8-11(12)13(18)19)14(20)16-5-3-10(6-15)7-16/h10-12H,2-9,15H2,1H3,(H,18,19). The molecule has 21 heavy (non-hydrogen) atoms. The van der Waals surface area contributed by atoms with Gasteiger partial charge in [-0.1, -0.05) is 6.92 Å². The largest absolute Gasteiger partial charge is 0.481 e. The molecule has 3 N–H and O–H groups in total. The molecule has 120 valence electrons. The number of carboxylic acid groups (broad SMARTS) is 1. The van der Waals surface area contributed by atoms with Gasteiger partial charge in [0.15, 0.2) is 0 Å². The summed E-state index contributed by atoms with van der Waals surface area (Å²) in [6, 6.07) is -0.443. The lowest BCUT2D eigenvalue weighted by molar-refractivity contribution is -0.142. The number of hydrogen-bond donors (Lipinski definition) is 2. The fourth-order valence-electron chi connectivity index (χ4n) is 3.11. The van der Waals surface area contributed by atoms with E-state index >= 15 is 0 Å². The highest BCUT2D eigenvalue weighted by molar-refractivity contribution is 5.77. The zero-order valence-electron chi connectivity index (χ0n) is 12.5. The molecule has 0 aromatic carbocycles. The molecule has 0 aliphatic carbocycles. The van der Waals surface area contributed by atoms with Gasteiger partial charge < -0.3 is 25.4 Å². The van der Waals surface area contributed by atoms with E-state index in [2.05, 4.69) is 0 Å². The predicted octanol–water partition coefficient (Wildman–Crippen LogP) is 0.199. The third-order valence-electron chi connectivity index (χ3n) is 4.37. The lowest BCUT2D eigenvalue weighted by Gasteiger charge is -2.33. The van der Waals surface area contributed by atoms with Crippen LogP contribution in [0, 0.1) is 11.8 Å². The second-order valence-corrected chi connectivity index (χ2v) is 5.86. The normalized spacial score (nSPS) is 28.9. The van der Waals surface area contributed by atoms with Crippen molar-refractivity contribution < 1.29 is 19.4 Å². The fourth-order valence-corrected chi connectivity index (χ4v) is 3.11. The van der Waals surface area contributed by atoms with E-state index in [4.69, 9.17) is 10.5 Å². The minimum atomic E-state index is -0.896. The number of urea groups is 1. The number of likely N-dealkylation sites (tertiary alicyclic amines) is 1. The van der Waals surface area contributed by atoms with E-state index < -0.39 is 11.9 Å². The number of amides is 2. The predicted molar refractivity (Wildman–Crippen MR) is 76.9 cm³/mol. The molecule has 2 aliphatic heterocycles. The van der Waals surface area contributed by atoms with Crippen molar-refractivity contribution in [3.05, 3.63) is 0 Å². The summed E-state index contributed by atoms with van der Waals surface area (Å²) in [6.07, 6.45) is 1.72. The second-order valence-electron chi connectivity index (χ2n) is 5.86. The highest BCUT2D eigenvalue weighted by Gasteiger charge is 2.41. The molecule has 3 unspecified atom stereocenters. The molecule has 0 spiro atoms. The Morgan fingerprint density at radius 3 is 2.76 bits per heavy atom. The van der Waals surface area contributed by atoms with E-state index in [9.17, 15) is 14.7 Å². The maximum absolute atomic E-state index is 12.7. The van der Waals surface area contributed by atoms with Crippen molar-refractivity contribution in [2.45, 2.75) is 25.8 Å². The summed E-state index contributed by atoms with van der Waals surface area (Å²) >= 11 is 0. The van der Waals surface area contributed by atoms with E-state index in [1.807, 2.05) is 6.92 Å². The van der Waals surface area contributed by atoms with Crippen LogP contribution in [0.5, 0.6) is 0 Å². The number of carbonyl (C=O) groups excluding carboxylic acids is 1. The molecule has 7 heteroatoms. The van der Waals surface area contributed by atoms with Crippen LogP contribution in [-0.2, 0) is 9.53 Å². The van der Waals surface area contributed by atoms with Crippen LogP contribution >= 0.6 is 0 Å². The maximum atomic E-state index is 12.7. The van der Waals surface area contributed by atoms with Crippen LogP contribution in [0.3, 0.4) is 0 Å². The number of carboxylic acids is 1. The zero-order valence-corrected chi connectivity index (χ0v) is 12.5. The van der Waals surface area contributed by atoms with Gasteiger partial charge in [0.05, 0.1) is 19.3 Å². The molecule has 3 atom stereocenters. The minimum absolute atomic E-state index is 0.0745. The summed E-state index contributed by atoms with van der Waals surface area (Å²) < 4.78 is 5.30. The molecule has 2 heterocycles. The molecule has 0 bridgehead atoms. The van der Waals surface area contributed by atoms with Gasteiger partial charge in [-0.05, 0) is 25.3 Å². The minimum Gasteiger partial charge on any atom is -0.481 e. The molecule has 7 nitrogen and oxygen atoms in total. The first-order chi connectivity index (χ1) is 10.1. The quantitative estimate of drug-likeness (QED) is 0.756. The van der Waals surface area contributed by atoms with Crippen LogP contribution in [0.25, 0.3) is 0 Å². The second kappa shape index (κ2) is 7.09. The van der Waals surface area contributed by atoms with Crippen molar-refractivity contribution in [3.63, 3.8) is 0 Å². The average Bonchev–Trinajstić information content (AvgIpc) is 3.12. The first-order valence-corrected chi connectivity index (χ1v) is 7.64. The summed E-state index contributed by atoms with van der Waals surface area (Å²) in [5.74, 6) is -1.17. The van der Waals surface area contributed by atoms with Gasteiger partial charge in [-0.2, -0.15) is 0 Å². The lowest BCUT2D eigenvalue weighted by atomic mass is 10.0. The monoisotopic (exact) mass is 299 g/mol. The zero-order chi connectivity index (χ0) is 15.4. The van der Waals surface area contributed by atoms with Crippen LogP contribution in [-0.4, -0.2) is 72.3 Å². The van der Waals surface area contributed by atoms with Crippen molar-refractivity contribution in [1.82, 2.24) is 9.80 Å². The number of hydrogen-bond acceptors (Lipinski definition) is 4. The smallest absolute Gasteiger partial charge is 0.320 e. The molecule has 0 radical (unpaired) electrons. The summed E-state index contributed by atoms with van der Waals surface area (Å²) in [5, 5.41) is 9.28. The Morgan fingerprint density at radius 1 is 1.43 bits per heavy atom. The Balaban J connectivity index is 2.07. The van der Waals surface area contributed by atoms with Gasteiger partial charge in [-0.25, -0.2) is 4.79 Å². The summed E-state index contributed by atoms with van der Waals surface area (Å²) in [5.41, 5.74) is 5.67. The topological polar surface area (TPSA) is 96.1 Å². The molecule has 2 amide bonds. The lowest BCUT2D eigenvalue weighted by Crippen LogP contribution is -2.51. The molecule has 2 aliphatic rings. The average molecular weight is 299 g/mol. The Labute approximate surface area is 125 Å². The van der Waals surface area contributed by atoms with Gasteiger partial charge in [0, 0.05) is 19.6 Å². The van der Waals surface area contributed by atoms with Crippen LogP contribution in [0.1, 0.15) is 19.8 Å². The van der Waals surface area contributed by atoms with Crippen molar-refractivity contribution in [2.75, 3.05) is 39.4 Å². The van der Waals surface area contributed by atoms with Crippen molar-refractivity contribution in [3.8, 4) is 0 Å². The van der Waals surface area contributed by atoms with Gasteiger partial charge in [0.2, 0.25) is 0 Å². The molecular weight excluding hydrogens is 274 g/mol. The van der Waals surface area contributed by atoms with Gasteiger partial charge in [-0.3, -0.25) is 4.79 Å². The fraction of sp³-hybridized carbons (Fsp3) is 0.857. The first kappa shape index (κ1) is 16.0. The highest BCUT2D eigenvalue weighted by atomic mass is 16.5. The molecular formula is C14H25N3O4.